The lowest BCUT2D eigenvalue weighted by Gasteiger charge is -2.10. The monoisotopic (exact) mass is 263 g/mol. The number of rotatable bonds is 6. The molecule has 2 rings (SSSR count). The third-order valence-corrected chi connectivity index (χ3v) is 3.16. The van der Waals surface area contributed by atoms with Gasteiger partial charge in [0.1, 0.15) is 5.75 Å². The molecule has 1 saturated heterocycles. The number of nitrogens with one attached hydrogen (secondary N) is 1. The number of hydrogen-bond donors (Lipinski definition) is 1. The number of carbonyl (C=O) groups excluding carboxylic acids is 1. The van der Waals surface area contributed by atoms with Gasteiger partial charge in [0.25, 0.3) is 5.91 Å². The molecule has 1 N–H and O–H groups in total. The summed E-state index contributed by atoms with van der Waals surface area (Å²) in [6.45, 7) is 5.02. The lowest BCUT2D eigenvalue weighted by atomic mass is 10.1. The number of benzene rings is 1. The van der Waals surface area contributed by atoms with Crippen molar-refractivity contribution in [1.29, 1.82) is 0 Å². The highest BCUT2D eigenvalue weighted by Crippen LogP contribution is 2.13. The fourth-order valence-corrected chi connectivity index (χ4v) is 2.01. The fourth-order valence-electron chi connectivity index (χ4n) is 2.01. The van der Waals surface area contributed by atoms with Crippen LogP contribution in [0.4, 0.5) is 0 Å². The summed E-state index contributed by atoms with van der Waals surface area (Å²) in [6.07, 6.45) is 2.01. The molecule has 104 valence electrons. The van der Waals surface area contributed by atoms with Gasteiger partial charge in [0.05, 0.1) is 13.2 Å². The van der Waals surface area contributed by atoms with Crippen molar-refractivity contribution in [3.05, 3.63) is 29.8 Å². The smallest absolute Gasteiger partial charge is 0.251 e. The van der Waals surface area contributed by atoms with Crippen molar-refractivity contribution in [2.45, 2.75) is 19.8 Å². The van der Waals surface area contributed by atoms with Gasteiger partial charge < -0.3 is 14.8 Å². The Kier molecular flexibility index (Phi) is 5.21. The Morgan fingerprint density at radius 3 is 2.84 bits per heavy atom. The second-order valence-corrected chi connectivity index (χ2v) is 4.81. The number of ether oxygens (including phenoxy) is 2. The molecule has 4 heteroatoms. The van der Waals surface area contributed by atoms with E-state index < -0.39 is 0 Å². The molecule has 0 bridgehead atoms. The van der Waals surface area contributed by atoms with E-state index in [4.69, 9.17) is 9.47 Å². The van der Waals surface area contributed by atoms with Gasteiger partial charge in [0, 0.05) is 24.6 Å². The minimum atomic E-state index is -0.0334. The van der Waals surface area contributed by atoms with Crippen molar-refractivity contribution in [3.63, 3.8) is 0 Å². The van der Waals surface area contributed by atoms with Gasteiger partial charge in [0.15, 0.2) is 0 Å². The molecule has 1 heterocycles. The quantitative estimate of drug-likeness (QED) is 0.856. The molecule has 1 aliphatic rings. The van der Waals surface area contributed by atoms with Crippen molar-refractivity contribution in [2.75, 3.05) is 26.4 Å². The van der Waals surface area contributed by atoms with Gasteiger partial charge in [-0.2, -0.15) is 0 Å². The maximum Gasteiger partial charge on any atom is 0.251 e. The van der Waals surface area contributed by atoms with Crippen LogP contribution >= 0.6 is 0 Å². The van der Waals surface area contributed by atoms with Gasteiger partial charge in [-0.05, 0) is 37.1 Å². The van der Waals surface area contributed by atoms with Gasteiger partial charge in [-0.15, -0.1) is 0 Å². The van der Waals surface area contributed by atoms with Gasteiger partial charge in [-0.1, -0.05) is 6.92 Å². The zero-order valence-electron chi connectivity index (χ0n) is 11.4. The Bertz CT molecular complexity index is 396. The first-order valence-corrected chi connectivity index (χ1v) is 6.88. The van der Waals surface area contributed by atoms with Gasteiger partial charge >= 0.3 is 0 Å². The Hall–Kier alpha value is -1.55. The van der Waals surface area contributed by atoms with Crippen molar-refractivity contribution >= 4 is 5.91 Å². The highest BCUT2D eigenvalue weighted by Gasteiger charge is 2.16. The summed E-state index contributed by atoms with van der Waals surface area (Å²) in [5.41, 5.74) is 0.669. The van der Waals surface area contributed by atoms with E-state index in [0.29, 0.717) is 24.6 Å². The predicted molar refractivity (Wildman–Crippen MR) is 73.5 cm³/mol. The summed E-state index contributed by atoms with van der Waals surface area (Å²) in [5, 5.41) is 2.94. The average molecular weight is 263 g/mol. The van der Waals surface area contributed by atoms with Gasteiger partial charge in [0.2, 0.25) is 0 Å². The molecule has 1 amide bonds. The number of carbonyl (C=O) groups is 1. The van der Waals surface area contributed by atoms with Gasteiger partial charge in [-0.25, -0.2) is 0 Å². The zero-order valence-corrected chi connectivity index (χ0v) is 11.4. The molecular formula is C15H21NO3. The summed E-state index contributed by atoms with van der Waals surface area (Å²) in [7, 11) is 0. The second kappa shape index (κ2) is 7.14. The predicted octanol–water partition coefficient (Wildman–Crippen LogP) is 2.24. The Morgan fingerprint density at radius 1 is 1.42 bits per heavy atom. The molecule has 0 aromatic heterocycles. The number of hydrogen-bond acceptors (Lipinski definition) is 3. The molecule has 1 fully saturated rings. The molecule has 1 atom stereocenters. The van der Waals surface area contributed by atoms with Crippen LogP contribution in [0.2, 0.25) is 0 Å². The highest BCUT2D eigenvalue weighted by atomic mass is 16.5. The SMILES string of the molecule is CCCOc1ccc(C(=O)NCC2CCOC2)cc1. The summed E-state index contributed by atoms with van der Waals surface area (Å²) < 4.78 is 10.8. The standard InChI is InChI=1S/C15H21NO3/c1-2-8-19-14-5-3-13(4-6-14)15(17)16-10-12-7-9-18-11-12/h3-6,12H,2,7-11H2,1H3,(H,16,17). The summed E-state index contributed by atoms with van der Waals surface area (Å²) in [6, 6.07) is 7.27. The van der Waals surface area contributed by atoms with Crippen molar-refractivity contribution in [2.24, 2.45) is 5.92 Å². The minimum absolute atomic E-state index is 0.0334. The Labute approximate surface area is 114 Å². The molecule has 19 heavy (non-hydrogen) atoms. The summed E-state index contributed by atoms with van der Waals surface area (Å²) in [4.78, 5) is 11.9. The lowest BCUT2D eigenvalue weighted by molar-refractivity contribution is 0.0945. The maximum absolute atomic E-state index is 11.9. The van der Waals surface area contributed by atoms with Crippen LogP contribution in [0.25, 0.3) is 0 Å². The third-order valence-electron chi connectivity index (χ3n) is 3.16. The topological polar surface area (TPSA) is 47.6 Å². The van der Waals surface area contributed by atoms with E-state index in [1.807, 2.05) is 12.1 Å². The summed E-state index contributed by atoms with van der Waals surface area (Å²) in [5.74, 6) is 1.23. The fraction of sp³-hybridized carbons (Fsp3) is 0.533. The van der Waals surface area contributed by atoms with Crippen LogP contribution in [-0.2, 0) is 4.74 Å². The van der Waals surface area contributed by atoms with Crippen LogP contribution in [-0.4, -0.2) is 32.3 Å². The van der Waals surface area contributed by atoms with Crippen LogP contribution < -0.4 is 10.1 Å². The van der Waals surface area contributed by atoms with Crippen molar-refractivity contribution < 1.29 is 14.3 Å². The van der Waals surface area contributed by atoms with Gasteiger partial charge in [-0.3, -0.25) is 4.79 Å². The first-order chi connectivity index (χ1) is 9.29. The van der Waals surface area contributed by atoms with Crippen LogP contribution in [0.5, 0.6) is 5.75 Å². The average Bonchev–Trinajstić information content (AvgIpc) is 2.96. The molecule has 0 radical (unpaired) electrons. The van der Waals surface area contributed by atoms with E-state index in [9.17, 15) is 4.79 Å². The Balaban J connectivity index is 1.81. The number of amides is 1. The summed E-state index contributed by atoms with van der Waals surface area (Å²) >= 11 is 0. The highest BCUT2D eigenvalue weighted by molar-refractivity contribution is 5.94. The molecule has 0 aliphatic carbocycles. The largest absolute Gasteiger partial charge is 0.494 e. The van der Waals surface area contributed by atoms with E-state index in [1.54, 1.807) is 12.1 Å². The normalized spacial score (nSPS) is 18.3. The van der Waals surface area contributed by atoms with E-state index in [1.165, 1.54) is 0 Å². The lowest BCUT2D eigenvalue weighted by Crippen LogP contribution is -2.29. The van der Waals surface area contributed by atoms with Crippen molar-refractivity contribution in [3.8, 4) is 5.75 Å². The molecule has 1 unspecified atom stereocenters. The molecular weight excluding hydrogens is 242 g/mol. The van der Waals surface area contributed by atoms with Crippen LogP contribution in [0.15, 0.2) is 24.3 Å². The molecule has 1 aromatic carbocycles. The molecule has 4 nitrogen and oxygen atoms in total. The molecule has 1 aromatic rings. The van der Waals surface area contributed by atoms with Crippen LogP contribution in [0.1, 0.15) is 30.1 Å². The first kappa shape index (κ1) is 13.9. The second-order valence-electron chi connectivity index (χ2n) is 4.81. The third kappa shape index (κ3) is 4.24. The molecule has 0 spiro atoms. The minimum Gasteiger partial charge on any atom is -0.494 e. The van der Waals surface area contributed by atoms with E-state index >= 15 is 0 Å². The first-order valence-electron chi connectivity index (χ1n) is 6.88. The van der Waals surface area contributed by atoms with E-state index in [-0.39, 0.29) is 5.91 Å². The maximum atomic E-state index is 11.9. The molecule has 1 aliphatic heterocycles. The molecule has 0 saturated carbocycles. The zero-order chi connectivity index (χ0) is 13.5. The van der Waals surface area contributed by atoms with E-state index in [0.717, 1.165) is 31.8 Å². The van der Waals surface area contributed by atoms with Crippen LogP contribution in [0.3, 0.4) is 0 Å². The van der Waals surface area contributed by atoms with Crippen molar-refractivity contribution in [1.82, 2.24) is 5.32 Å². The van der Waals surface area contributed by atoms with Crippen LogP contribution in [0, 0.1) is 5.92 Å². The van der Waals surface area contributed by atoms with E-state index in [2.05, 4.69) is 12.2 Å². The Morgan fingerprint density at radius 2 is 2.21 bits per heavy atom.